The zero-order valence-electron chi connectivity index (χ0n) is 9.07. The Bertz CT molecular complexity index is 74.9. The van der Waals surface area contributed by atoms with E-state index in [1.165, 1.54) is 6.42 Å². The number of rotatable bonds is 3. The minimum atomic E-state index is 0.341. The van der Waals surface area contributed by atoms with E-state index < -0.39 is 0 Å². The monoisotopic (exact) mass is 159 g/mol. The molecule has 0 amide bonds. The molecule has 0 rings (SSSR count). The summed E-state index contributed by atoms with van der Waals surface area (Å²) in [6.07, 6.45) is 1.23. The molecule has 1 nitrogen and oxygen atoms in total. The number of hydrogen-bond donors (Lipinski definition) is 1. The smallest absolute Gasteiger partial charge is 0.00257 e. The van der Waals surface area contributed by atoms with Crippen molar-refractivity contribution in [2.75, 3.05) is 6.54 Å². The molecule has 0 aromatic heterocycles. The van der Waals surface area contributed by atoms with E-state index in [0.717, 1.165) is 12.5 Å². The molecule has 0 saturated carbocycles. The van der Waals surface area contributed by atoms with Gasteiger partial charge in [-0.05, 0) is 24.3 Å². The summed E-state index contributed by atoms with van der Waals surface area (Å²) in [5.74, 6) is 0.767. The zero-order chi connectivity index (χ0) is 9.49. The summed E-state index contributed by atoms with van der Waals surface area (Å²) in [5, 5.41) is 0. The molecule has 0 aromatic rings. The Balaban J connectivity index is 0. The fraction of sp³-hybridized carbons (Fsp3) is 1.00. The fourth-order valence-electron chi connectivity index (χ4n) is 1.19. The SMILES string of the molecule is CC.CC(C)CC(C)(C)CN. The predicted molar refractivity (Wildman–Crippen MR) is 53.6 cm³/mol. The van der Waals surface area contributed by atoms with Gasteiger partial charge >= 0.3 is 0 Å². The molecule has 0 aliphatic heterocycles. The van der Waals surface area contributed by atoms with E-state index in [2.05, 4.69) is 27.7 Å². The molecule has 2 N–H and O–H groups in total. The normalized spacial score (nSPS) is 10.9. The summed E-state index contributed by atoms with van der Waals surface area (Å²) < 4.78 is 0. The molecule has 0 aliphatic rings. The second-order valence-corrected chi connectivity index (χ2v) is 3.97. The topological polar surface area (TPSA) is 26.0 Å². The Morgan fingerprint density at radius 2 is 1.55 bits per heavy atom. The molecule has 0 radical (unpaired) electrons. The van der Waals surface area contributed by atoms with Crippen LogP contribution in [-0.4, -0.2) is 6.54 Å². The second kappa shape index (κ2) is 6.66. The van der Waals surface area contributed by atoms with Gasteiger partial charge in [0.15, 0.2) is 0 Å². The molecule has 0 bridgehead atoms. The van der Waals surface area contributed by atoms with Crippen molar-refractivity contribution in [3.8, 4) is 0 Å². The molecule has 0 atom stereocenters. The third kappa shape index (κ3) is 9.96. The van der Waals surface area contributed by atoms with Crippen molar-refractivity contribution >= 4 is 0 Å². The first-order valence-electron chi connectivity index (χ1n) is 4.68. The molecule has 0 spiro atoms. The maximum absolute atomic E-state index is 5.55. The van der Waals surface area contributed by atoms with Gasteiger partial charge in [0, 0.05) is 0 Å². The highest BCUT2D eigenvalue weighted by atomic mass is 14.6. The van der Waals surface area contributed by atoms with Crippen LogP contribution in [0.15, 0.2) is 0 Å². The van der Waals surface area contributed by atoms with Crippen molar-refractivity contribution in [2.45, 2.75) is 48.0 Å². The lowest BCUT2D eigenvalue weighted by Gasteiger charge is -2.24. The maximum atomic E-state index is 5.55. The Hall–Kier alpha value is -0.0400. The van der Waals surface area contributed by atoms with Gasteiger partial charge in [-0.2, -0.15) is 0 Å². The van der Waals surface area contributed by atoms with Crippen LogP contribution in [0.3, 0.4) is 0 Å². The molecule has 0 aliphatic carbocycles. The van der Waals surface area contributed by atoms with E-state index in [1.54, 1.807) is 0 Å². The third-order valence-electron chi connectivity index (χ3n) is 1.51. The van der Waals surface area contributed by atoms with Crippen LogP contribution in [0, 0.1) is 11.3 Å². The van der Waals surface area contributed by atoms with Crippen molar-refractivity contribution in [3.63, 3.8) is 0 Å². The molecular formula is C10H25N. The van der Waals surface area contributed by atoms with E-state index in [1.807, 2.05) is 13.8 Å². The highest BCUT2D eigenvalue weighted by Crippen LogP contribution is 2.22. The summed E-state index contributed by atoms with van der Waals surface area (Å²) >= 11 is 0. The molecule has 70 valence electrons. The van der Waals surface area contributed by atoms with Crippen LogP contribution in [0.4, 0.5) is 0 Å². The number of nitrogens with two attached hydrogens (primary N) is 1. The Morgan fingerprint density at radius 3 is 1.64 bits per heavy atom. The van der Waals surface area contributed by atoms with Crippen LogP contribution < -0.4 is 5.73 Å². The Morgan fingerprint density at radius 1 is 1.18 bits per heavy atom. The maximum Gasteiger partial charge on any atom is -0.00257 e. The zero-order valence-corrected chi connectivity index (χ0v) is 9.07. The highest BCUT2D eigenvalue weighted by Gasteiger charge is 2.16. The van der Waals surface area contributed by atoms with Gasteiger partial charge in [-0.3, -0.25) is 0 Å². The molecular weight excluding hydrogens is 134 g/mol. The van der Waals surface area contributed by atoms with Gasteiger partial charge in [-0.1, -0.05) is 41.5 Å². The average Bonchev–Trinajstić information content (AvgIpc) is 1.90. The van der Waals surface area contributed by atoms with Crippen molar-refractivity contribution in [3.05, 3.63) is 0 Å². The first-order chi connectivity index (χ1) is 4.98. The van der Waals surface area contributed by atoms with Crippen LogP contribution in [0.1, 0.15) is 48.0 Å². The summed E-state index contributed by atoms with van der Waals surface area (Å²) in [6.45, 7) is 13.7. The van der Waals surface area contributed by atoms with E-state index >= 15 is 0 Å². The van der Waals surface area contributed by atoms with Gasteiger partial charge in [0.1, 0.15) is 0 Å². The van der Waals surface area contributed by atoms with Crippen LogP contribution in [0.2, 0.25) is 0 Å². The second-order valence-electron chi connectivity index (χ2n) is 3.97. The van der Waals surface area contributed by atoms with E-state index in [4.69, 9.17) is 5.73 Å². The lowest BCUT2D eigenvalue weighted by atomic mass is 9.84. The van der Waals surface area contributed by atoms with Crippen LogP contribution in [0.5, 0.6) is 0 Å². The molecule has 0 unspecified atom stereocenters. The lowest BCUT2D eigenvalue weighted by molar-refractivity contribution is 0.298. The standard InChI is InChI=1S/C8H19N.C2H6/c1-7(2)5-8(3,4)6-9;1-2/h7H,5-6,9H2,1-4H3;1-2H3. The Labute approximate surface area is 72.4 Å². The van der Waals surface area contributed by atoms with Crippen LogP contribution in [-0.2, 0) is 0 Å². The molecule has 0 heterocycles. The Kier molecular flexibility index (Phi) is 8.20. The van der Waals surface area contributed by atoms with Crippen molar-refractivity contribution < 1.29 is 0 Å². The van der Waals surface area contributed by atoms with Gasteiger partial charge in [0.05, 0.1) is 0 Å². The summed E-state index contributed by atoms with van der Waals surface area (Å²) in [5.41, 5.74) is 5.90. The number of hydrogen-bond acceptors (Lipinski definition) is 1. The van der Waals surface area contributed by atoms with Gasteiger partial charge in [-0.25, -0.2) is 0 Å². The predicted octanol–water partition coefficient (Wildman–Crippen LogP) is 3.04. The van der Waals surface area contributed by atoms with Crippen molar-refractivity contribution in [2.24, 2.45) is 17.1 Å². The minimum Gasteiger partial charge on any atom is -0.330 e. The van der Waals surface area contributed by atoms with Gasteiger partial charge in [0.2, 0.25) is 0 Å². The third-order valence-corrected chi connectivity index (χ3v) is 1.51. The molecule has 1 heteroatoms. The molecule has 11 heavy (non-hydrogen) atoms. The van der Waals surface area contributed by atoms with Gasteiger partial charge < -0.3 is 5.73 Å². The minimum absolute atomic E-state index is 0.341. The lowest BCUT2D eigenvalue weighted by Crippen LogP contribution is -2.24. The summed E-state index contributed by atoms with van der Waals surface area (Å²) in [7, 11) is 0. The van der Waals surface area contributed by atoms with E-state index in [0.29, 0.717) is 5.41 Å². The van der Waals surface area contributed by atoms with Gasteiger partial charge in [-0.15, -0.1) is 0 Å². The van der Waals surface area contributed by atoms with Crippen LogP contribution in [0.25, 0.3) is 0 Å². The average molecular weight is 159 g/mol. The highest BCUT2D eigenvalue weighted by molar-refractivity contribution is 4.70. The fourth-order valence-corrected chi connectivity index (χ4v) is 1.19. The molecule has 0 fully saturated rings. The quantitative estimate of drug-likeness (QED) is 0.673. The first-order valence-corrected chi connectivity index (χ1v) is 4.68. The molecule has 0 aromatic carbocycles. The summed E-state index contributed by atoms with van der Waals surface area (Å²) in [6, 6.07) is 0. The summed E-state index contributed by atoms with van der Waals surface area (Å²) in [4.78, 5) is 0. The van der Waals surface area contributed by atoms with E-state index in [-0.39, 0.29) is 0 Å². The van der Waals surface area contributed by atoms with Crippen LogP contribution >= 0.6 is 0 Å². The first kappa shape index (κ1) is 13.5. The van der Waals surface area contributed by atoms with Crippen molar-refractivity contribution in [1.29, 1.82) is 0 Å². The van der Waals surface area contributed by atoms with E-state index in [9.17, 15) is 0 Å². The largest absolute Gasteiger partial charge is 0.330 e. The van der Waals surface area contributed by atoms with Crippen molar-refractivity contribution in [1.82, 2.24) is 0 Å². The van der Waals surface area contributed by atoms with Gasteiger partial charge in [0.25, 0.3) is 0 Å². The molecule has 0 saturated heterocycles.